The Morgan fingerprint density at radius 3 is 2.22 bits per heavy atom. The van der Waals surface area contributed by atoms with Gasteiger partial charge in [-0.1, -0.05) is 36.4 Å². The maximum absolute atomic E-state index is 13.4. The van der Waals surface area contributed by atoms with Crippen molar-refractivity contribution >= 4 is 15.9 Å². The number of carbonyl (C=O) groups excluding carboxylic acids is 1. The van der Waals surface area contributed by atoms with Gasteiger partial charge < -0.3 is 19.5 Å². The Balaban J connectivity index is 1.85. The van der Waals surface area contributed by atoms with Crippen LogP contribution in [0.3, 0.4) is 0 Å². The number of ether oxygens (including phenoxy) is 3. The summed E-state index contributed by atoms with van der Waals surface area (Å²) in [6.07, 6.45) is 0.181. The summed E-state index contributed by atoms with van der Waals surface area (Å²) >= 11 is 0. The molecule has 3 aromatic carbocycles. The molecule has 1 amide bonds. The lowest BCUT2D eigenvalue weighted by Gasteiger charge is -2.22. The minimum absolute atomic E-state index is 0.0623. The van der Waals surface area contributed by atoms with Crippen LogP contribution in [0.5, 0.6) is 17.2 Å². The minimum Gasteiger partial charge on any atom is -0.494 e. The second-order valence-electron chi connectivity index (χ2n) is 8.57. The van der Waals surface area contributed by atoms with Crippen LogP contribution in [0.4, 0.5) is 0 Å². The maximum atomic E-state index is 13.4. The Morgan fingerprint density at radius 1 is 0.919 bits per heavy atom. The third-order valence-corrected chi connectivity index (χ3v) is 7.39. The third kappa shape index (κ3) is 7.24. The first-order valence-corrected chi connectivity index (χ1v) is 13.5. The van der Waals surface area contributed by atoms with Gasteiger partial charge in [-0.25, -0.2) is 8.42 Å². The van der Waals surface area contributed by atoms with E-state index in [9.17, 15) is 13.2 Å². The van der Waals surface area contributed by atoms with Crippen molar-refractivity contribution in [1.82, 2.24) is 10.0 Å². The van der Waals surface area contributed by atoms with Gasteiger partial charge in [0.1, 0.15) is 11.8 Å². The van der Waals surface area contributed by atoms with Crippen molar-refractivity contribution in [3.8, 4) is 17.2 Å². The number of nitrogens with one attached hydrogen (secondary N) is 2. The third-order valence-electron chi connectivity index (χ3n) is 5.92. The molecule has 2 atom stereocenters. The molecular formula is C28H34N2O6S. The quantitative estimate of drug-likeness (QED) is 0.367. The number of aryl methyl sites for hydroxylation is 1. The van der Waals surface area contributed by atoms with E-state index in [1.807, 2.05) is 50.2 Å². The SMILES string of the molecule is CCOc1ccc(S(=O)(=O)N[C@@H](Cc2ccccc2)C(=O)N[C@H](C)c2ccc(OC)c(OC)c2)cc1C. The molecule has 3 rings (SSSR count). The predicted octanol–water partition coefficient (Wildman–Crippen LogP) is 4.18. The number of rotatable bonds is 12. The number of amides is 1. The molecule has 8 nitrogen and oxygen atoms in total. The summed E-state index contributed by atoms with van der Waals surface area (Å²) in [5, 5.41) is 2.93. The van der Waals surface area contributed by atoms with Crippen molar-refractivity contribution in [2.45, 2.75) is 44.2 Å². The van der Waals surface area contributed by atoms with Crippen LogP contribution < -0.4 is 24.2 Å². The molecule has 0 radical (unpaired) electrons. The molecule has 0 aliphatic heterocycles. The van der Waals surface area contributed by atoms with Crippen LogP contribution in [0.25, 0.3) is 0 Å². The Morgan fingerprint density at radius 2 is 1.59 bits per heavy atom. The highest BCUT2D eigenvalue weighted by molar-refractivity contribution is 7.89. The summed E-state index contributed by atoms with van der Waals surface area (Å²) in [7, 11) is -0.912. The largest absolute Gasteiger partial charge is 0.494 e. The first-order chi connectivity index (χ1) is 17.7. The van der Waals surface area contributed by atoms with Crippen LogP contribution in [0.2, 0.25) is 0 Å². The lowest BCUT2D eigenvalue weighted by atomic mass is 10.0. The molecule has 0 aliphatic rings. The Kier molecular flexibility index (Phi) is 9.54. The molecule has 9 heteroatoms. The van der Waals surface area contributed by atoms with Crippen LogP contribution in [0, 0.1) is 6.92 Å². The molecule has 2 N–H and O–H groups in total. The standard InChI is InChI=1S/C28H34N2O6S/c1-6-36-25-15-13-23(16-19(25)2)37(32,33)30-24(17-21-10-8-7-9-11-21)28(31)29-20(3)22-12-14-26(34-4)27(18-22)35-5/h7-16,18,20,24,30H,6,17H2,1-5H3,(H,29,31)/t20-,24+/m1/s1. The number of hydrogen-bond acceptors (Lipinski definition) is 6. The number of carbonyl (C=O) groups is 1. The van der Waals surface area contributed by atoms with Gasteiger partial charge in [-0.3, -0.25) is 4.79 Å². The van der Waals surface area contributed by atoms with E-state index in [0.29, 0.717) is 29.4 Å². The molecule has 0 fully saturated rings. The zero-order valence-electron chi connectivity index (χ0n) is 21.8. The normalized spacial score (nSPS) is 12.9. The van der Waals surface area contributed by atoms with Gasteiger partial charge in [0.2, 0.25) is 15.9 Å². The highest BCUT2D eigenvalue weighted by atomic mass is 32.2. The fourth-order valence-corrected chi connectivity index (χ4v) is 5.20. The summed E-state index contributed by atoms with van der Waals surface area (Å²) in [5.41, 5.74) is 2.30. The number of sulfonamides is 1. The summed E-state index contributed by atoms with van der Waals surface area (Å²) in [6.45, 7) is 5.94. The molecule has 3 aromatic rings. The molecule has 0 unspecified atom stereocenters. The molecule has 198 valence electrons. The van der Waals surface area contributed by atoms with Gasteiger partial charge >= 0.3 is 0 Å². The lowest BCUT2D eigenvalue weighted by Crippen LogP contribution is -2.48. The van der Waals surface area contributed by atoms with Gasteiger partial charge in [0.25, 0.3) is 0 Å². The summed E-state index contributed by atoms with van der Waals surface area (Å²) < 4.78 is 45.4. The average Bonchev–Trinajstić information content (AvgIpc) is 2.89. The van der Waals surface area contributed by atoms with Crippen molar-refractivity contribution in [3.05, 3.63) is 83.4 Å². The molecule has 0 bridgehead atoms. The van der Waals surface area contributed by atoms with E-state index in [-0.39, 0.29) is 11.3 Å². The van der Waals surface area contributed by atoms with Crippen molar-refractivity contribution in [2.75, 3.05) is 20.8 Å². The van der Waals surface area contributed by atoms with Crippen LogP contribution in [-0.4, -0.2) is 41.2 Å². The van der Waals surface area contributed by atoms with Gasteiger partial charge in [-0.15, -0.1) is 0 Å². The fourth-order valence-electron chi connectivity index (χ4n) is 3.92. The predicted molar refractivity (Wildman–Crippen MR) is 143 cm³/mol. The van der Waals surface area contributed by atoms with E-state index < -0.39 is 28.0 Å². The second-order valence-corrected chi connectivity index (χ2v) is 10.3. The fraction of sp³-hybridized carbons (Fsp3) is 0.321. The first kappa shape index (κ1) is 28.0. The van der Waals surface area contributed by atoms with E-state index in [4.69, 9.17) is 14.2 Å². The number of methoxy groups -OCH3 is 2. The van der Waals surface area contributed by atoms with E-state index >= 15 is 0 Å². The Bertz CT molecular complexity index is 1310. The van der Waals surface area contributed by atoms with Crippen molar-refractivity contribution in [3.63, 3.8) is 0 Å². The minimum atomic E-state index is -4.00. The van der Waals surface area contributed by atoms with Gasteiger partial charge in [0.15, 0.2) is 11.5 Å². The van der Waals surface area contributed by atoms with Crippen molar-refractivity contribution in [1.29, 1.82) is 0 Å². The molecule has 0 saturated carbocycles. The van der Waals surface area contributed by atoms with Gasteiger partial charge in [-0.2, -0.15) is 4.72 Å². The van der Waals surface area contributed by atoms with Crippen LogP contribution in [0.1, 0.15) is 36.6 Å². The Labute approximate surface area is 219 Å². The lowest BCUT2D eigenvalue weighted by molar-refractivity contribution is -0.123. The second kappa shape index (κ2) is 12.6. The zero-order chi connectivity index (χ0) is 27.0. The van der Waals surface area contributed by atoms with E-state index in [1.54, 1.807) is 32.2 Å². The van der Waals surface area contributed by atoms with Gasteiger partial charge in [0.05, 0.1) is 31.8 Å². The maximum Gasteiger partial charge on any atom is 0.241 e. The average molecular weight is 527 g/mol. The highest BCUT2D eigenvalue weighted by Gasteiger charge is 2.28. The topological polar surface area (TPSA) is 103 Å². The highest BCUT2D eigenvalue weighted by Crippen LogP contribution is 2.30. The molecule has 0 aromatic heterocycles. The molecule has 0 aliphatic carbocycles. The monoisotopic (exact) mass is 526 g/mol. The molecule has 0 saturated heterocycles. The van der Waals surface area contributed by atoms with Gasteiger partial charge in [0, 0.05) is 0 Å². The molecular weight excluding hydrogens is 492 g/mol. The van der Waals surface area contributed by atoms with Crippen molar-refractivity contribution < 1.29 is 27.4 Å². The Hall–Kier alpha value is -3.56. The summed E-state index contributed by atoms with van der Waals surface area (Å²) in [6, 6.07) is 17.8. The summed E-state index contributed by atoms with van der Waals surface area (Å²) in [4.78, 5) is 13.5. The molecule has 0 heterocycles. The molecule has 37 heavy (non-hydrogen) atoms. The van der Waals surface area contributed by atoms with E-state index in [0.717, 1.165) is 11.1 Å². The number of benzene rings is 3. The zero-order valence-corrected chi connectivity index (χ0v) is 22.6. The smallest absolute Gasteiger partial charge is 0.241 e. The van der Waals surface area contributed by atoms with E-state index in [1.165, 1.54) is 19.2 Å². The summed E-state index contributed by atoms with van der Waals surface area (Å²) in [5.74, 6) is 1.28. The number of hydrogen-bond donors (Lipinski definition) is 2. The van der Waals surface area contributed by atoms with Crippen LogP contribution in [-0.2, 0) is 21.2 Å². The van der Waals surface area contributed by atoms with Gasteiger partial charge in [-0.05, 0) is 74.2 Å². The van der Waals surface area contributed by atoms with Crippen LogP contribution in [0.15, 0.2) is 71.6 Å². The van der Waals surface area contributed by atoms with Crippen molar-refractivity contribution in [2.24, 2.45) is 0 Å². The molecule has 0 spiro atoms. The first-order valence-electron chi connectivity index (χ1n) is 12.0. The van der Waals surface area contributed by atoms with Crippen LogP contribution >= 0.6 is 0 Å². The van der Waals surface area contributed by atoms with E-state index in [2.05, 4.69) is 10.0 Å².